The molecule has 0 saturated heterocycles. The van der Waals surface area contributed by atoms with Gasteiger partial charge in [-0.25, -0.2) is 0 Å². The summed E-state index contributed by atoms with van der Waals surface area (Å²) in [7, 11) is 0. The molecule has 0 spiro atoms. The van der Waals surface area contributed by atoms with E-state index in [1.54, 1.807) is 11.3 Å². The van der Waals surface area contributed by atoms with Crippen LogP contribution in [0.2, 0.25) is 0 Å². The van der Waals surface area contributed by atoms with Crippen LogP contribution in [0.1, 0.15) is 11.8 Å². The zero-order valence-corrected chi connectivity index (χ0v) is 6.16. The average molecular weight is 139 g/mol. The summed E-state index contributed by atoms with van der Waals surface area (Å²) in [6.45, 7) is 5.75. The molecule has 1 aromatic heterocycles. The summed E-state index contributed by atoms with van der Waals surface area (Å²) >= 11 is 1.63. The minimum Gasteiger partial charge on any atom is -0.398 e. The highest BCUT2D eigenvalue weighted by Gasteiger charge is 1.98. The van der Waals surface area contributed by atoms with E-state index in [0.29, 0.717) is 0 Å². The molecule has 0 aliphatic heterocycles. The molecule has 1 heterocycles. The first-order valence-corrected chi connectivity index (χ1v) is 3.58. The van der Waals surface area contributed by atoms with Gasteiger partial charge in [0.15, 0.2) is 0 Å². The van der Waals surface area contributed by atoms with Crippen LogP contribution < -0.4 is 5.73 Å². The number of nitrogens with two attached hydrogens (primary N) is 1. The highest BCUT2D eigenvalue weighted by molar-refractivity contribution is 7.11. The monoisotopic (exact) mass is 139 g/mol. The highest BCUT2D eigenvalue weighted by Crippen LogP contribution is 2.25. The molecular formula is C7H9NS. The Bertz CT molecular complexity index is 225. The van der Waals surface area contributed by atoms with E-state index in [0.717, 1.165) is 16.1 Å². The van der Waals surface area contributed by atoms with Gasteiger partial charge in [-0.05, 0) is 23.9 Å². The number of allylic oxidation sites excluding steroid dienone is 1. The fourth-order valence-corrected chi connectivity index (χ4v) is 1.42. The van der Waals surface area contributed by atoms with Gasteiger partial charge in [-0.3, -0.25) is 0 Å². The Morgan fingerprint density at radius 1 is 1.78 bits per heavy atom. The zero-order valence-electron chi connectivity index (χ0n) is 5.35. The molecule has 1 nitrogen and oxygen atoms in total. The van der Waals surface area contributed by atoms with Crippen LogP contribution in [0.15, 0.2) is 18.0 Å². The molecule has 2 heteroatoms. The molecule has 48 valence electrons. The summed E-state index contributed by atoms with van der Waals surface area (Å²) in [5.74, 6) is 0. The molecule has 0 saturated carbocycles. The summed E-state index contributed by atoms with van der Waals surface area (Å²) in [5, 5.41) is 1.97. The smallest absolute Gasteiger partial charge is 0.0523 e. The van der Waals surface area contributed by atoms with Crippen molar-refractivity contribution in [2.45, 2.75) is 6.92 Å². The maximum atomic E-state index is 5.59. The molecule has 2 N–H and O–H groups in total. The summed E-state index contributed by atoms with van der Waals surface area (Å²) in [4.78, 5) is 1.11. The Kier molecular flexibility index (Phi) is 1.58. The maximum absolute atomic E-state index is 5.59. The average Bonchev–Trinajstić information content (AvgIpc) is 2.13. The van der Waals surface area contributed by atoms with Crippen LogP contribution in [0.25, 0.3) is 5.57 Å². The van der Waals surface area contributed by atoms with Crippen molar-refractivity contribution in [1.82, 2.24) is 0 Å². The fraction of sp³-hybridized carbons (Fsp3) is 0.143. The van der Waals surface area contributed by atoms with Crippen LogP contribution in [-0.4, -0.2) is 0 Å². The molecule has 1 rings (SSSR count). The first-order valence-electron chi connectivity index (χ1n) is 2.70. The second kappa shape index (κ2) is 2.23. The molecule has 0 amide bonds. The van der Waals surface area contributed by atoms with Gasteiger partial charge in [-0.2, -0.15) is 0 Å². The number of hydrogen-bond donors (Lipinski definition) is 1. The standard InChI is InChI=1S/C7H9NS/c1-5(2)7-6(8)3-4-9-7/h3-4H,1,8H2,2H3. The van der Waals surface area contributed by atoms with E-state index in [4.69, 9.17) is 5.73 Å². The van der Waals surface area contributed by atoms with Gasteiger partial charge >= 0.3 is 0 Å². The van der Waals surface area contributed by atoms with Crippen molar-refractivity contribution in [1.29, 1.82) is 0 Å². The van der Waals surface area contributed by atoms with Gasteiger partial charge in [0.1, 0.15) is 0 Å². The third kappa shape index (κ3) is 1.13. The van der Waals surface area contributed by atoms with Crippen molar-refractivity contribution in [2.75, 3.05) is 5.73 Å². The quantitative estimate of drug-likeness (QED) is 0.635. The zero-order chi connectivity index (χ0) is 6.85. The minimum atomic E-state index is 0.840. The number of anilines is 1. The molecule has 0 aromatic carbocycles. The molecule has 0 radical (unpaired) electrons. The van der Waals surface area contributed by atoms with Gasteiger partial charge in [-0.1, -0.05) is 6.58 Å². The predicted octanol–water partition coefficient (Wildman–Crippen LogP) is 2.36. The third-order valence-corrected chi connectivity index (χ3v) is 2.18. The van der Waals surface area contributed by atoms with Gasteiger partial charge in [0.25, 0.3) is 0 Å². The Balaban J connectivity index is 3.08. The first-order chi connectivity index (χ1) is 4.22. The number of hydrogen-bond acceptors (Lipinski definition) is 2. The van der Waals surface area contributed by atoms with E-state index >= 15 is 0 Å². The topological polar surface area (TPSA) is 26.0 Å². The van der Waals surface area contributed by atoms with Gasteiger partial charge in [0.2, 0.25) is 0 Å². The van der Waals surface area contributed by atoms with E-state index in [-0.39, 0.29) is 0 Å². The van der Waals surface area contributed by atoms with Crippen LogP contribution in [0.5, 0.6) is 0 Å². The second-order valence-electron chi connectivity index (χ2n) is 1.99. The molecular weight excluding hydrogens is 130 g/mol. The lowest BCUT2D eigenvalue weighted by Gasteiger charge is -1.93. The Labute approximate surface area is 58.8 Å². The molecule has 0 fully saturated rings. The normalized spacial score (nSPS) is 9.44. The van der Waals surface area contributed by atoms with E-state index in [9.17, 15) is 0 Å². The van der Waals surface area contributed by atoms with Crippen molar-refractivity contribution in [2.24, 2.45) is 0 Å². The number of nitrogen functional groups attached to an aromatic ring is 1. The van der Waals surface area contributed by atoms with Crippen molar-refractivity contribution >= 4 is 22.6 Å². The third-order valence-electron chi connectivity index (χ3n) is 1.08. The van der Waals surface area contributed by atoms with Gasteiger partial charge in [0, 0.05) is 5.69 Å². The number of thiophene rings is 1. The lowest BCUT2D eigenvalue weighted by Crippen LogP contribution is -1.83. The van der Waals surface area contributed by atoms with Crippen LogP contribution in [-0.2, 0) is 0 Å². The van der Waals surface area contributed by atoms with Crippen molar-refractivity contribution in [3.8, 4) is 0 Å². The van der Waals surface area contributed by atoms with Gasteiger partial charge in [-0.15, -0.1) is 11.3 Å². The molecule has 9 heavy (non-hydrogen) atoms. The first kappa shape index (κ1) is 6.36. The second-order valence-corrected chi connectivity index (χ2v) is 2.90. The molecule has 0 unspecified atom stereocenters. The number of rotatable bonds is 1. The summed E-state index contributed by atoms with van der Waals surface area (Å²) in [6, 6.07) is 1.90. The lowest BCUT2D eigenvalue weighted by molar-refractivity contribution is 1.72. The Morgan fingerprint density at radius 2 is 2.44 bits per heavy atom. The SMILES string of the molecule is C=C(C)c1sccc1N. The van der Waals surface area contributed by atoms with Crippen molar-refractivity contribution < 1.29 is 0 Å². The van der Waals surface area contributed by atoms with Crippen LogP contribution in [0.3, 0.4) is 0 Å². The fourth-order valence-electron chi connectivity index (χ4n) is 0.666. The van der Waals surface area contributed by atoms with Crippen LogP contribution in [0, 0.1) is 0 Å². The molecule has 0 atom stereocenters. The van der Waals surface area contributed by atoms with E-state index in [1.165, 1.54) is 0 Å². The minimum absolute atomic E-state index is 0.840. The predicted molar refractivity (Wildman–Crippen MR) is 43.4 cm³/mol. The van der Waals surface area contributed by atoms with Crippen molar-refractivity contribution in [3.63, 3.8) is 0 Å². The Hall–Kier alpha value is -0.760. The summed E-state index contributed by atoms with van der Waals surface area (Å²) in [6.07, 6.45) is 0. The Morgan fingerprint density at radius 3 is 2.67 bits per heavy atom. The largest absolute Gasteiger partial charge is 0.398 e. The summed E-state index contributed by atoms with van der Waals surface area (Å²) < 4.78 is 0. The lowest BCUT2D eigenvalue weighted by atomic mass is 10.2. The molecule has 0 aliphatic rings. The van der Waals surface area contributed by atoms with Gasteiger partial charge in [0.05, 0.1) is 4.88 Å². The molecule has 1 aromatic rings. The summed E-state index contributed by atoms with van der Waals surface area (Å²) in [5.41, 5.74) is 7.48. The van der Waals surface area contributed by atoms with E-state index in [1.807, 2.05) is 18.4 Å². The van der Waals surface area contributed by atoms with Crippen LogP contribution >= 0.6 is 11.3 Å². The maximum Gasteiger partial charge on any atom is 0.0523 e. The van der Waals surface area contributed by atoms with Gasteiger partial charge < -0.3 is 5.73 Å². The van der Waals surface area contributed by atoms with E-state index in [2.05, 4.69) is 6.58 Å². The van der Waals surface area contributed by atoms with Crippen LogP contribution in [0.4, 0.5) is 5.69 Å². The van der Waals surface area contributed by atoms with E-state index < -0.39 is 0 Å². The highest BCUT2D eigenvalue weighted by atomic mass is 32.1. The molecule has 0 aliphatic carbocycles. The van der Waals surface area contributed by atoms with Crippen molar-refractivity contribution in [3.05, 3.63) is 22.9 Å². The molecule has 0 bridgehead atoms.